The van der Waals surface area contributed by atoms with Gasteiger partial charge in [0.2, 0.25) is 0 Å². The van der Waals surface area contributed by atoms with Gasteiger partial charge in [-0.1, -0.05) is 38.1 Å². The number of carboxylic acids is 1. The fourth-order valence-corrected chi connectivity index (χ4v) is 2.45. The van der Waals surface area contributed by atoms with Crippen LogP contribution in [0.2, 0.25) is 0 Å². The molecule has 0 spiro atoms. The Hall–Kier alpha value is -2.04. The summed E-state index contributed by atoms with van der Waals surface area (Å²) in [7, 11) is 0. The lowest BCUT2D eigenvalue weighted by Crippen LogP contribution is -2.44. The van der Waals surface area contributed by atoms with Crippen LogP contribution in [-0.2, 0) is 16.1 Å². The lowest BCUT2D eigenvalue weighted by molar-refractivity contribution is -0.143. The highest BCUT2D eigenvalue weighted by Crippen LogP contribution is 2.27. The molecular formula is C15H19NO4. The summed E-state index contributed by atoms with van der Waals surface area (Å²) in [6.45, 7) is 5.90. The molecule has 0 bridgehead atoms. The summed E-state index contributed by atoms with van der Waals surface area (Å²) in [6, 6.07) is 6.69. The monoisotopic (exact) mass is 277 g/mol. The molecule has 2 rings (SSSR count). The van der Waals surface area contributed by atoms with Gasteiger partial charge in [-0.3, -0.25) is 4.90 Å². The van der Waals surface area contributed by atoms with Gasteiger partial charge in [-0.2, -0.15) is 0 Å². The first-order valence-corrected chi connectivity index (χ1v) is 6.66. The van der Waals surface area contributed by atoms with E-state index in [0.29, 0.717) is 0 Å². The Kier molecular flexibility index (Phi) is 3.97. The summed E-state index contributed by atoms with van der Waals surface area (Å²) >= 11 is 0. The van der Waals surface area contributed by atoms with Gasteiger partial charge in [-0.15, -0.1) is 0 Å². The zero-order valence-electron chi connectivity index (χ0n) is 11.9. The van der Waals surface area contributed by atoms with E-state index in [1.165, 1.54) is 4.90 Å². The Bertz CT molecular complexity index is 526. The lowest BCUT2D eigenvalue weighted by atomic mass is 9.99. The number of aliphatic carboxylic acids is 1. The maximum Gasteiger partial charge on any atom is 0.411 e. The molecule has 5 heteroatoms. The number of cyclic esters (lactones) is 1. The molecule has 1 aliphatic heterocycles. The average molecular weight is 277 g/mol. The maximum atomic E-state index is 12.0. The lowest BCUT2D eigenvalue weighted by Gasteiger charge is -2.23. The fraction of sp³-hybridized carbons (Fsp3) is 0.467. The van der Waals surface area contributed by atoms with Crippen molar-refractivity contribution in [2.75, 3.05) is 0 Å². The second-order valence-corrected chi connectivity index (χ2v) is 5.43. The summed E-state index contributed by atoms with van der Waals surface area (Å²) in [5.41, 5.74) is 1.96. The standard InChI is InChI=1S/C15H19NO4/c1-9(2)13-12(14(17)18)16(15(19)20-13)8-11-7-5-4-6-10(11)3/h4-7,9,12-13H,8H2,1-3H3,(H,17,18)/t12-,13+/m1/s1. The minimum atomic E-state index is -1.02. The number of benzene rings is 1. The van der Waals surface area contributed by atoms with Crippen molar-refractivity contribution in [1.29, 1.82) is 0 Å². The molecule has 0 aliphatic carbocycles. The van der Waals surface area contributed by atoms with E-state index >= 15 is 0 Å². The zero-order chi connectivity index (χ0) is 14.9. The molecular weight excluding hydrogens is 258 g/mol. The molecule has 0 saturated carbocycles. The highest BCUT2D eigenvalue weighted by atomic mass is 16.6. The molecule has 5 nitrogen and oxygen atoms in total. The Morgan fingerprint density at radius 2 is 2.05 bits per heavy atom. The highest BCUT2D eigenvalue weighted by molar-refractivity contribution is 5.84. The van der Waals surface area contributed by atoms with Gasteiger partial charge < -0.3 is 9.84 Å². The molecule has 1 aliphatic rings. The molecule has 1 heterocycles. The van der Waals surface area contributed by atoms with Crippen LogP contribution >= 0.6 is 0 Å². The molecule has 2 atom stereocenters. The van der Waals surface area contributed by atoms with E-state index < -0.39 is 24.2 Å². The van der Waals surface area contributed by atoms with Crippen LogP contribution in [0.4, 0.5) is 4.79 Å². The summed E-state index contributed by atoms with van der Waals surface area (Å²) in [5, 5.41) is 9.39. The van der Waals surface area contributed by atoms with Crippen molar-refractivity contribution >= 4 is 12.1 Å². The second-order valence-electron chi connectivity index (χ2n) is 5.43. The van der Waals surface area contributed by atoms with Gasteiger partial charge in [-0.25, -0.2) is 9.59 Å². The second kappa shape index (κ2) is 5.53. The van der Waals surface area contributed by atoms with Crippen molar-refractivity contribution in [2.45, 2.75) is 39.5 Å². The topological polar surface area (TPSA) is 66.8 Å². The normalized spacial score (nSPS) is 22.2. The Balaban J connectivity index is 2.27. The van der Waals surface area contributed by atoms with Gasteiger partial charge in [0.05, 0.1) is 6.54 Å². The number of ether oxygens (including phenoxy) is 1. The van der Waals surface area contributed by atoms with E-state index in [1.807, 2.05) is 45.0 Å². The van der Waals surface area contributed by atoms with Crippen LogP contribution in [0.15, 0.2) is 24.3 Å². The van der Waals surface area contributed by atoms with Gasteiger partial charge in [0.1, 0.15) is 6.10 Å². The van der Waals surface area contributed by atoms with Crippen LogP contribution in [0.5, 0.6) is 0 Å². The summed E-state index contributed by atoms with van der Waals surface area (Å²) in [6.07, 6.45) is -1.16. The van der Waals surface area contributed by atoms with Crippen molar-refractivity contribution in [3.8, 4) is 0 Å². The minimum Gasteiger partial charge on any atom is -0.480 e. The quantitative estimate of drug-likeness (QED) is 0.917. The number of carboxylic acid groups (broad SMARTS) is 1. The third-order valence-corrected chi connectivity index (χ3v) is 3.63. The molecule has 1 aromatic carbocycles. The average Bonchev–Trinajstić information content (AvgIpc) is 2.70. The third kappa shape index (κ3) is 2.61. The molecule has 0 radical (unpaired) electrons. The van der Waals surface area contributed by atoms with Crippen molar-refractivity contribution in [2.24, 2.45) is 5.92 Å². The fourth-order valence-electron chi connectivity index (χ4n) is 2.45. The molecule has 1 amide bonds. The van der Waals surface area contributed by atoms with Gasteiger partial charge in [0.25, 0.3) is 0 Å². The third-order valence-electron chi connectivity index (χ3n) is 3.63. The Morgan fingerprint density at radius 1 is 1.40 bits per heavy atom. The number of rotatable bonds is 4. The highest BCUT2D eigenvalue weighted by Gasteiger charge is 2.47. The first kappa shape index (κ1) is 14.4. The van der Waals surface area contributed by atoms with Crippen LogP contribution in [0.1, 0.15) is 25.0 Å². The predicted molar refractivity (Wildman–Crippen MR) is 73.3 cm³/mol. The largest absolute Gasteiger partial charge is 0.480 e. The molecule has 1 fully saturated rings. The van der Waals surface area contributed by atoms with Crippen molar-refractivity contribution in [3.05, 3.63) is 35.4 Å². The van der Waals surface area contributed by atoms with E-state index in [9.17, 15) is 14.7 Å². The van der Waals surface area contributed by atoms with Gasteiger partial charge in [0, 0.05) is 0 Å². The van der Waals surface area contributed by atoms with Crippen molar-refractivity contribution in [1.82, 2.24) is 4.90 Å². The van der Waals surface area contributed by atoms with Crippen LogP contribution in [0.3, 0.4) is 0 Å². The van der Waals surface area contributed by atoms with Gasteiger partial charge in [-0.05, 0) is 24.0 Å². The maximum absolute atomic E-state index is 12.0. The molecule has 20 heavy (non-hydrogen) atoms. The van der Waals surface area contributed by atoms with E-state index in [4.69, 9.17) is 4.74 Å². The molecule has 1 N–H and O–H groups in total. The van der Waals surface area contributed by atoms with Gasteiger partial charge >= 0.3 is 12.1 Å². The number of amides is 1. The van der Waals surface area contributed by atoms with E-state index in [1.54, 1.807) is 0 Å². The van der Waals surface area contributed by atoms with Crippen LogP contribution in [0, 0.1) is 12.8 Å². The summed E-state index contributed by atoms with van der Waals surface area (Å²) < 4.78 is 5.23. The number of aryl methyl sites for hydroxylation is 1. The zero-order valence-corrected chi connectivity index (χ0v) is 11.9. The number of hydrogen-bond donors (Lipinski definition) is 1. The summed E-state index contributed by atoms with van der Waals surface area (Å²) in [5.74, 6) is -1.06. The van der Waals surface area contributed by atoms with E-state index in [2.05, 4.69) is 0 Å². The predicted octanol–water partition coefficient (Wildman–Crippen LogP) is 2.43. The first-order valence-electron chi connectivity index (χ1n) is 6.66. The molecule has 1 saturated heterocycles. The van der Waals surface area contributed by atoms with Crippen molar-refractivity contribution in [3.63, 3.8) is 0 Å². The first-order chi connectivity index (χ1) is 9.41. The molecule has 1 aromatic rings. The Labute approximate surface area is 118 Å². The van der Waals surface area contributed by atoms with Crippen molar-refractivity contribution < 1.29 is 19.4 Å². The van der Waals surface area contributed by atoms with Crippen LogP contribution in [0.25, 0.3) is 0 Å². The van der Waals surface area contributed by atoms with Crippen LogP contribution < -0.4 is 0 Å². The number of nitrogens with zero attached hydrogens (tertiary/aromatic N) is 1. The smallest absolute Gasteiger partial charge is 0.411 e. The number of carbonyl (C=O) groups excluding carboxylic acids is 1. The minimum absolute atomic E-state index is 0.0399. The SMILES string of the molecule is Cc1ccccc1CN1C(=O)O[C@@H](C(C)C)[C@@H]1C(=O)O. The van der Waals surface area contributed by atoms with Crippen LogP contribution in [-0.4, -0.2) is 34.2 Å². The van der Waals surface area contributed by atoms with Gasteiger partial charge in [0.15, 0.2) is 6.04 Å². The van der Waals surface area contributed by atoms with E-state index in [-0.39, 0.29) is 12.5 Å². The molecule has 0 aromatic heterocycles. The summed E-state index contributed by atoms with van der Waals surface area (Å²) in [4.78, 5) is 24.7. The number of hydrogen-bond acceptors (Lipinski definition) is 3. The molecule has 108 valence electrons. The van der Waals surface area contributed by atoms with E-state index in [0.717, 1.165) is 11.1 Å². The Morgan fingerprint density at radius 3 is 2.60 bits per heavy atom. The number of carbonyl (C=O) groups is 2. The molecule has 0 unspecified atom stereocenters.